The molecule has 0 amide bonds. The van der Waals surface area contributed by atoms with E-state index >= 15 is 0 Å². The smallest absolute Gasteiger partial charge is 0.112 e. The number of imidazole rings is 1. The van der Waals surface area contributed by atoms with Gasteiger partial charge in [-0.15, -0.1) is 0 Å². The maximum Gasteiger partial charge on any atom is 0.112 e. The Hall–Kier alpha value is -1.35. The molecule has 2 rings (SSSR count). The first-order chi connectivity index (χ1) is 8.17. The average Bonchev–Trinajstić information content (AvgIpc) is 2.59. The Kier molecular flexibility index (Phi) is 3.48. The van der Waals surface area contributed by atoms with Crippen LogP contribution in [0.2, 0.25) is 0 Å². The van der Waals surface area contributed by atoms with Crippen LogP contribution >= 0.6 is 0 Å². The normalized spacial score (nSPS) is 11.3. The lowest BCUT2D eigenvalue weighted by Crippen LogP contribution is -2.05. The lowest BCUT2D eigenvalue weighted by atomic mass is 10.1. The van der Waals surface area contributed by atoms with Crippen LogP contribution in [0.3, 0.4) is 0 Å². The monoisotopic (exact) mass is 232 g/mol. The van der Waals surface area contributed by atoms with Gasteiger partial charge in [-0.1, -0.05) is 6.92 Å². The summed E-state index contributed by atoms with van der Waals surface area (Å²) < 4.78 is 2.23. The molecule has 2 aromatic rings. The van der Waals surface area contributed by atoms with Gasteiger partial charge in [0.15, 0.2) is 0 Å². The zero-order valence-corrected chi connectivity index (χ0v) is 10.8. The number of hydrogen-bond donors (Lipinski definition) is 1. The topological polar surface area (TPSA) is 38.0 Å². The summed E-state index contributed by atoms with van der Waals surface area (Å²) >= 11 is 0. The summed E-state index contributed by atoms with van der Waals surface area (Å²) in [7, 11) is 0. The molecule has 0 bridgehead atoms. The van der Waals surface area contributed by atoms with Crippen molar-refractivity contribution in [1.29, 1.82) is 0 Å². The van der Waals surface area contributed by atoms with E-state index < -0.39 is 0 Å². The highest BCUT2D eigenvalue weighted by Gasteiger charge is 2.10. The van der Waals surface area contributed by atoms with Crippen LogP contribution in [0.25, 0.3) is 11.0 Å². The van der Waals surface area contributed by atoms with Crippen LogP contribution in [0.4, 0.5) is 0 Å². The van der Waals surface area contributed by atoms with Crippen molar-refractivity contribution < 1.29 is 5.11 Å². The van der Waals surface area contributed by atoms with Crippen molar-refractivity contribution in [3.63, 3.8) is 0 Å². The zero-order chi connectivity index (χ0) is 12.4. The minimum absolute atomic E-state index is 0.158. The van der Waals surface area contributed by atoms with Crippen LogP contribution in [0.1, 0.15) is 30.3 Å². The van der Waals surface area contributed by atoms with E-state index in [0.717, 1.165) is 24.3 Å². The fraction of sp³-hybridized carbons (Fsp3) is 0.500. The minimum Gasteiger partial charge on any atom is -0.396 e. The van der Waals surface area contributed by atoms with Crippen molar-refractivity contribution in [2.75, 3.05) is 6.61 Å². The Labute approximate surface area is 102 Å². The largest absolute Gasteiger partial charge is 0.396 e. The number of aliphatic hydroxyl groups excluding tert-OH is 1. The van der Waals surface area contributed by atoms with E-state index in [-0.39, 0.29) is 6.61 Å². The lowest BCUT2D eigenvalue weighted by Gasteiger charge is -2.07. The first kappa shape index (κ1) is 12.1. The standard InChI is InChI=1S/C14H20N2O/c1-4-6-16-13-9-11(3)10(2)8-12(13)15-14(16)5-7-17/h8-9,17H,4-7H2,1-3H3. The van der Waals surface area contributed by atoms with Gasteiger partial charge in [0, 0.05) is 13.0 Å². The Morgan fingerprint density at radius 3 is 2.59 bits per heavy atom. The average molecular weight is 232 g/mol. The molecule has 0 radical (unpaired) electrons. The molecule has 0 aliphatic heterocycles. The predicted octanol–water partition coefficient (Wildman–Crippen LogP) is 2.60. The molecule has 0 spiro atoms. The van der Waals surface area contributed by atoms with Crippen molar-refractivity contribution in [3.05, 3.63) is 29.1 Å². The van der Waals surface area contributed by atoms with E-state index in [4.69, 9.17) is 5.11 Å². The third-order valence-corrected chi connectivity index (χ3v) is 3.23. The quantitative estimate of drug-likeness (QED) is 0.880. The van der Waals surface area contributed by atoms with Crippen LogP contribution in [-0.4, -0.2) is 21.3 Å². The van der Waals surface area contributed by atoms with Gasteiger partial charge in [0.2, 0.25) is 0 Å². The summed E-state index contributed by atoms with van der Waals surface area (Å²) in [4.78, 5) is 4.63. The molecule has 0 fully saturated rings. The minimum atomic E-state index is 0.158. The second-order valence-electron chi connectivity index (χ2n) is 4.58. The first-order valence-electron chi connectivity index (χ1n) is 6.24. The van der Waals surface area contributed by atoms with Gasteiger partial charge < -0.3 is 9.67 Å². The van der Waals surface area contributed by atoms with E-state index in [2.05, 4.69) is 42.5 Å². The van der Waals surface area contributed by atoms with Gasteiger partial charge in [-0.25, -0.2) is 4.98 Å². The molecule has 1 N–H and O–H groups in total. The molecule has 0 atom stereocenters. The molecule has 0 aliphatic rings. The molecule has 0 saturated heterocycles. The molecule has 3 heteroatoms. The van der Waals surface area contributed by atoms with Gasteiger partial charge >= 0.3 is 0 Å². The number of nitrogens with zero attached hydrogens (tertiary/aromatic N) is 2. The van der Waals surface area contributed by atoms with Gasteiger partial charge in [0.25, 0.3) is 0 Å². The molecular formula is C14H20N2O. The molecule has 1 heterocycles. The Balaban J connectivity index is 2.62. The van der Waals surface area contributed by atoms with E-state index in [0.29, 0.717) is 6.42 Å². The van der Waals surface area contributed by atoms with Crippen molar-refractivity contribution >= 4 is 11.0 Å². The van der Waals surface area contributed by atoms with Crippen molar-refractivity contribution in [3.8, 4) is 0 Å². The van der Waals surface area contributed by atoms with Gasteiger partial charge in [0.05, 0.1) is 17.6 Å². The number of hydrogen-bond acceptors (Lipinski definition) is 2. The van der Waals surface area contributed by atoms with Gasteiger partial charge in [-0.05, 0) is 43.5 Å². The number of rotatable bonds is 4. The van der Waals surface area contributed by atoms with E-state index in [9.17, 15) is 0 Å². The van der Waals surface area contributed by atoms with Gasteiger partial charge in [-0.3, -0.25) is 0 Å². The Morgan fingerprint density at radius 1 is 1.24 bits per heavy atom. The number of aryl methyl sites for hydroxylation is 3. The molecule has 0 saturated carbocycles. The third-order valence-electron chi connectivity index (χ3n) is 3.23. The maximum atomic E-state index is 9.09. The molecular weight excluding hydrogens is 212 g/mol. The highest BCUT2D eigenvalue weighted by Crippen LogP contribution is 2.21. The van der Waals surface area contributed by atoms with Crippen LogP contribution in [0, 0.1) is 13.8 Å². The van der Waals surface area contributed by atoms with Crippen molar-refractivity contribution in [2.24, 2.45) is 0 Å². The van der Waals surface area contributed by atoms with Crippen LogP contribution in [0.15, 0.2) is 12.1 Å². The number of aliphatic hydroxyl groups is 1. The summed E-state index contributed by atoms with van der Waals surface area (Å²) in [5, 5.41) is 9.09. The van der Waals surface area contributed by atoms with E-state index in [1.165, 1.54) is 16.6 Å². The van der Waals surface area contributed by atoms with Crippen LogP contribution in [0.5, 0.6) is 0 Å². The molecule has 0 aliphatic carbocycles. The molecule has 92 valence electrons. The molecule has 0 unspecified atom stereocenters. The molecule has 1 aromatic heterocycles. The van der Waals surface area contributed by atoms with Gasteiger partial charge in [0.1, 0.15) is 5.82 Å². The van der Waals surface area contributed by atoms with Crippen LogP contribution < -0.4 is 0 Å². The Bertz CT molecular complexity index is 528. The summed E-state index contributed by atoms with van der Waals surface area (Å²) in [6.07, 6.45) is 1.71. The van der Waals surface area contributed by atoms with Gasteiger partial charge in [-0.2, -0.15) is 0 Å². The van der Waals surface area contributed by atoms with E-state index in [1.807, 2.05) is 0 Å². The second-order valence-corrected chi connectivity index (χ2v) is 4.58. The summed E-state index contributed by atoms with van der Waals surface area (Å²) in [5.74, 6) is 0.995. The molecule has 1 aromatic carbocycles. The summed E-state index contributed by atoms with van der Waals surface area (Å²) in [5.41, 5.74) is 4.81. The van der Waals surface area contributed by atoms with E-state index in [1.54, 1.807) is 0 Å². The number of aromatic nitrogens is 2. The lowest BCUT2D eigenvalue weighted by molar-refractivity contribution is 0.295. The Morgan fingerprint density at radius 2 is 1.94 bits per heavy atom. The predicted molar refractivity (Wildman–Crippen MR) is 70.3 cm³/mol. The fourth-order valence-electron chi connectivity index (χ4n) is 2.19. The highest BCUT2D eigenvalue weighted by molar-refractivity contribution is 5.78. The van der Waals surface area contributed by atoms with Crippen LogP contribution in [-0.2, 0) is 13.0 Å². The second kappa shape index (κ2) is 4.88. The molecule has 17 heavy (non-hydrogen) atoms. The van der Waals surface area contributed by atoms with Crippen molar-refractivity contribution in [2.45, 2.75) is 40.2 Å². The number of benzene rings is 1. The zero-order valence-electron chi connectivity index (χ0n) is 10.8. The maximum absolute atomic E-state index is 9.09. The highest BCUT2D eigenvalue weighted by atomic mass is 16.3. The van der Waals surface area contributed by atoms with Crippen molar-refractivity contribution in [1.82, 2.24) is 9.55 Å². The fourth-order valence-corrected chi connectivity index (χ4v) is 2.19. The summed E-state index contributed by atoms with van der Waals surface area (Å²) in [6.45, 7) is 7.53. The summed E-state index contributed by atoms with van der Waals surface area (Å²) in [6, 6.07) is 4.34. The molecule has 3 nitrogen and oxygen atoms in total. The SMILES string of the molecule is CCCn1c(CCO)nc2cc(C)c(C)cc21. The first-order valence-corrected chi connectivity index (χ1v) is 6.24. The number of fused-ring (bicyclic) bond motifs is 1. The third kappa shape index (κ3) is 2.20.